The minimum Gasteiger partial charge on any atom is -0.488 e. The van der Waals surface area contributed by atoms with E-state index in [9.17, 15) is 27.6 Å². The molecular weight excluding hydrogens is 758 g/mol. The smallest absolute Gasteiger partial charge is 0.408 e. The number of nitrogens with one attached hydrogen (secondary N) is 3. The largest absolute Gasteiger partial charge is 0.488 e. The van der Waals surface area contributed by atoms with E-state index in [0.717, 1.165) is 0 Å². The van der Waals surface area contributed by atoms with E-state index < -0.39 is 69.6 Å². The number of fused-ring (bicyclic) bond motifs is 1. The number of carbonyl (C=O) groups excluding carboxylic acids is 4. The number of nitrogens with zero attached hydrogens (tertiary/aromatic N) is 2. The number of benzene rings is 1. The van der Waals surface area contributed by atoms with Crippen LogP contribution >= 0.6 is 11.6 Å². The first kappa shape index (κ1) is 40.7. The summed E-state index contributed by atoms with van der Waals surface area (Å²) in [6, 6.07) is 4.60. The highest BCUT2D eigenvalue weighted by molar-refractivity contribution is 7.85. The van der Waals surface area contributed by atoms with E-state index in [1.165, 1.54) is 4.90 Å². The zero-order valence-electron chi connectivity index (χ0n) is 31.7. The summed E-state index contributed by atoms with van der Waals surface area (Å²) in [4.78, 5) is 61.8. The molecule has 0 unspecified atom stereocenters. The molecule has 2 saturated carbocycles. The van der Waals surface area contributed by atoms with Crippen LogP contribution in [-0.4, -0.2) is 104 Å². The van der Waals surface area contributed by atoms with Gasteiger partial charge in [-0.3, -0.25) is 18.6 Å². The van der Waals surface area contributed by atoms with Gasteiger partial charge in [-0.2, -0.15) is 8.42 Å². The summed E-state index contributed by atoms with van der Waals surface area (Å²) in [6.45, 7) is 9.80. The predicted molar refractivity (Wildman–Crippen MR) is 200 cm³/mol. The Balaban J connectivity index is 1.31. The van der Waals surface area contributed by atoms with Crippen molar-refractivity contribution in [1.82, 2.24) is 25.2 Å². The lowest BCUT2D eigenvalue weighted by atomic mass is 9.90. The Labute approximate surface area is 325 Å². The third-order valence-electron chi connectivity index (χ3n) is 10.2. The summed E-state index contributed by atoms with van der Waals surface area (Å²) in [7, 11) is -4.41. The molecule has 302 valence electrons. The van der Waals surface area contributed by atoms with Crippen LogP contribution in [0.2, 0.25) is 5.02 Å². The third kappa shape index (κ3) is 9.73. The zero-order valence-corrected chi connectivity index (χ0v) is 33.3. The van der Waals surface area contributed by atoms with Crippen LogP contribution in [0.5, 0.6) is 11.6 Å². The molecule has 16 nitrogen and oxygen atoms in total. The van der Waals surface area contributed by atoms with Gasteiger partial charge in [-0.1, -0.05) is 31.0 Å². The van der Waals surface area contributed by atoms with Crippen LogP contribution < -0.4 is 24.8 Å². The number of rotatable bonds is 14. The van der Waals surface area contributed by atoms with Crippen LogP contribution in [0.3, 0.4) is 0 Å². The van der Waals surface area contributed by atoms with E-state index in [4.69, 9.17) is 34.7 Å². The van der Waals surface area contributed by atoms with Crippen LogP contribution in [0.25, 0.3) is 10.9 Å². The minimum atomic E-state index is -4.41. The van der Waals surface area contributed by atoms with Crippen molar-refractivity contribution in [3.05, 3.63) is 29.3 Å². The Kier molecular flexibility index (Phi) is 12.1. The van der Waals surface area contributed by atoms with Crippen LogP contribution in [0, 0.1) is 11.8 Å². The summed E-state index contributed by atoms with van der Waals surface area (Å²) in [5, 5.41) is 6.56. The number of para-hydroxylation sites is 1. The fraction of sp³-hybridized carbons (Fsp3) is 0.649. The maximum atomic E-state index is 14.7. The second-order valence-corrected chi connectivity index (χ2v) is 17.2. The van der Waals surface area contributed by atoms with E-state index in [2.05, 4.69) is 15.6 Å². The molecule has 3 heterocycles. The van der Waals surface area contributed by atoms with Crippen molar-refractivity contribution in [2.45, 2.75) is 115 Å². The number of amides is 4. The molecule has 0 bridgehead atoms. The molecule has 1 aromatic carbocycles. The molecule has 4 amide bonds. The molecule has 0 spiro atoms. The number of hydrogen-bond donors (Lipinski definition) is 3. The monoisotopic (exact) mass is 807 g/mol. The molecule has 5 atom stereocenters. The third-order valence-corrected chi connectivity index (χ3v) is 11.5. The topological polar surface area (TPSA) is 201 Å². The standard InChI is InChI=1S/C37H50ClN5O11S/c1-6-22-19-37(22,34(46)42-55(48,49)54-23-11-12-23)41-32(44)27-17-24(52-28-18-29(51-7-2)39-31-25(28)9-8-10-26(31)38)20-43(27)33(45)30(21-13-15-50-16-14-21)40-35(47)53-36(3,4)5/h8-10,18,21-24,27,30H,6-7,11-17,19-20H2,1-5H3,(H,40,47)(H,41,44)(H,42,46)/t22-,24-,27+,30+,37-/m1/s1. The normalized spacial score (nSPS) is 24.8. The Morgan fingerprint density at radius 3 is 2.45 bits per heavy atom. The Hall–Kier alpha value is -3.93. The van der Waals surface area contributed by atoms with Crippen LogP contribution in [-0.2, 0) is 38.3 Å². The molecule has 2 aliphatic heterocycles. The molecule has 6 rings (SSSR count). The number of hydrogen-bond acceptors (Lipinski definition) is 12. The molecular formula is C37H50ClN5O11S. The molecule has 55 heavy (non-hydrogen) atoms. The number of halogens is 1. The highest BCUT2D eigenvalue weighted by Gasteiger charge is 2.62. The molecule has 4 aliphatic rings. The predicted octanol–water partition coefficient (Wildman–Crippen LogP) is 3.78. The van der Waals surface area contributed by atoms with Crippen molar-refractivity contribution in [3.8, 4) is 11.6 Å². The number of aromatic nitrogens is 1. The number of likely N-dealkylation sites (tertiary alicyclic amines) is 1. The fourth-order valence-electron chi connectivity index (χ4n) is 7.26. The average molecular weight is 808 g/mol. The van der Waals surface area contributed by atoms with Crippen LogP contribution in [0.4, 0.5) is 4.79 Å². The second-order valence-electron chi connectivity index (χ2n) is 15.5. The van der Waals surface area contributed by atoms with E-state index in [1.54, 1.807) is 45.0 Å². The van der Waals surface area contributed by atoms with Gasteiger partial charge >= 0.3 is 16.4 Å². The van der Waals surface area contributed by atoms with E-state index in [1.807, 2.05) is 18.6 Å². The SMILES string of the molecule is CCOc1cc(O[C@@H]2C[C@@H](C(=O)N[C@]3(C(=O)NS(=O)(=O)OC4CC4)C[C@H]3CC)N(C(=O)[C@@H](NC(=O)OC(C)(C)C)C3CCOCC3)C2)c2cccc(Cl)c2n1. The van der Waals surface area contributed by atoms with Gasteiger partial charge in [0.05, 0.1) is 29.8 Å². The number of carbonyl (C=O) groups is 4. The molecule has 3 N–H and O–H groups in total. The molecule has 0 radical (unpaired) electrons. The lowest BCUT2D eigenvalue weighted by Gasteiger charge is -2.35. The highest BCUT2D eigenvalue weighted by Crippen LogP contribution is 2.47. The van der Waals surface area contributed by atoms with Gasteiger partial charge in [0.25, 0.3) is 5.91 Å². The first-order valence-electron chi connectivity index (χ1n) is 18.9. The summed E-state index contributed by atoms with van der Waals surface area (Å²) in [6.07, 6.45) is 0.708. The zero-order chi connectivity index (χ0) is 39.7. The van der Waals surface area contributed by atoms with E-state index in [0.29, 0.717) is 73.6 Å². The van der Waals surface area contributed by atoms with E-state index in [-0.39, 0.29) is 37.1 Å². The maximum Gasteiger partial charge on any atom is 0.408 e. The van der Waals surface area contributed by atoms with Crippen molar-refractivity contribution in [3.63, 3.8) is 0 Å². The maximum absolute atomic E-state index is 14.7. The van der Waals surface area contributed by atoms with Gasteiger partial charge in [-0.15, -0.1) is 0 Å². The van der Waals surface area contributed by atoms with Crippen molar-refractivity contribution < 1.29 is 50.7 Å². The van der Waals surface area contributed by atoms with Gasteiger partial charge < -0.3 is 34.5 Å². The molecule has 18 heteroatoms. The molecule has 2 saturated heterocycles. The number of ether oxygens (including phenoxy) is 4. The van der Waals surface area contributed by atoms with Crippen LogP contribution in [0.15, 0.2) is 24.3 Å². The molecule has 2 aromatic rings. The number of pyridine rings is 1. The highest BCUT2D eigenvalue weighted by atomic mass is 35.5. The second kappa shape index (κ2) is 16.3. The first-order valence-corrected chi connectivity index (χ1v) is 20.6. The van der Waals surface area contributed by atoms with Gasteiger partial charge in [0.1, 0.15) is 35.1 Å². The van der Waals surface area contributed by atoms with Crippen LogP contribution in [0.1, 0.15) is 79.6 Å². The fourth-order valence-corrected chi connectivity index (χ4v) is 8.49. The molecule has 2 aliphatic carbocycles. The average Bonchev–Trinajstić information content (AvgIpc) is 4.03. The Bertz CT molecular complexity index is 1900. The van der Waals surface area contributed by atoms with Crippen molar-refractivity contribution in [2.24, 2.45) is 11.8 Å². The summed E-state index contributed by atoms with van der Waals surface area (Å²) in [5.74, 6) is -2.18. The van der Waals surface area contributed by atoms with Crippen molar-refractivity contribution in [1.29, 1.82) is 0 Å². The van der Waals surface area contributed by atoms with Gasteiger partial charge in [0.2, 0.25) is 17.7 Å². The lowest BCUT2D eigenvalue weighted by molar-refractivity contribution is -0.142. The van der Waals surface area contributed by atoms with Gasteiger partial charge in [-0.05, 0) is 83.8 Å². The Morgan fingerprint density at radius 2 is 1.82 bits per heavy atom. The Morgan fingerprint density at radius 1 is 1.09 bits per heavy atom. The minimum absolute atomic E-state index is 0.00353. The summed E-state index contributed by atoms with van der Waals surface area (Å²) < 4.78 is 55.6. The summed E-state index contributed by atoms with van der Waals surface area (Å²) in [5.41, 5.74) is -1.94. The quantitative estimate of drug-likeness (QED) is 0.250. The van der Waals surface area contributed by atoms with Gasteiger partial charge in [-0.25, -0.2) is 14.5 Å². The van der Waals surface area contributed by atoms with Crippen molar-refractivity contribution in [2.75, 3.05) is 26.4 Å². The van der Waals surface area contributed by atoms with Crippen molar-refractivity contribution >= 4 is 56.6 Å². The summed E-state index contributed by atoms with van der Waals surface area (Å²) >= 11 is 6.51. The first-order chi connectivity index (χ1) is 26.0. The number of alkyl carbamates (subject to hydrolysis) is 1. The van der Waals surface area contributed by atoms with E-state index >= 15 is 0 Å². The van der Waals surface area contributed by atoms with Gasteiger partial charge in [0, 0.05) is 31.1 Å². The lowest BCUT2D eigenvalue weighted by Crippen LogP contribution is -2.59. The molecule has 4 fully saturated rings. The van der Waals surface area contributed by atoms with Gasteiger partial charge in [0.15, 0.2) is 0 Å². The molecule has 1 aromatic heterocycles.